The van der Waals surface area contributed by atoms with Crippen LogP contribution in [0.1, 0.15) is 43.9 Å². The Bertz CT molecular complexity index is 855. The number of nitrogens with zero attached hydrogens (tertiary/aromatic N) is 3. The molecule has 3 heterocycles. The van der Waals surface area contributed by atoms with Crippen molar-refractivity contribution in [1.29, 1.82) is 0 Å². The SMILES string of the molecule is O=C(OCN1C(=O)c2ccccc2C1=O)c1cccnc1N1CCCC1. The van der Waals surface area contributed by atoms with Crippen molar-refractivity contribution in [3.8, 4) is 0 Å². The standard InChI is InChI=1S/C19H17N3O4/c23-17-13-6-1-2-7-14(13)18(24)22(17)12-26-19(25)15-8-5-9-20-16(15)21-10-3-4-11-21/h1-2,5-9H,3-4,10-12H2. The van der Waals surface area contributed by atoms with E-state index < -0.39 is 24.5 Å². The average molecular weight is 351 g/mol. The maximum atomic E-state index is 12.5. The van der Waals surface area contributed by atoms with Crippen molar-refractivity contribution in [1.82, 2.24) is 9.88 Å². The van der Waals surface area contributed by atoms with Crippen LogP contribution in [0.5, 0.6) is 0 Å². The largest absolute Gasteiger partial charge is 0.440 e. The summed E-state index contributed by atoms with van der Waals surface area (Å²) in [5.41, 5.74) is 0.992. The van der Waals surface area contributed by atoms with E-state index in [1.807, 2.05) is 4.90 Å². The predicted molar refractivity (Wildman–Crippen MR) is 92.9 cm³/mol. The van der Waals surface area contributed by atoms with E-state index in [-0.39, 0.29) is 0 Å². The highest BCUT2D eigenvalue weighted by Gasteiger charge is 2.36. The van der Waals surface area contributed by atoms with Gasteiger partial charge in [-0.2, -0.15) is 0 Å². The van der Waals surface area contributed by atoms with Gasteiger partial charge in [-0.05, 0) is 37.1 Å². The van der Waals surface area contributed by atoms with E-state index in [2.05, 4.69) is 4.98 Å². The third kappa shape index (κ3) is 2.71. The molecule has 26 heavy (non-hydrogen) atoms. The number of ether oxygens (including phenoxy) is 1. The Morgan fingerprint density at radius 1 is 1.00 bits per heavy atom. The minimum absolute atomic E-state index is 0.327. The lowest BCUT2D eigenvalue weighted by atomic mass is 10.1. The molecule has 0 spiro atoms. The van der Waals surface area contributed by atoms with E-state index >= 15 is 0 Å². The first-order chi connectivity index (χ1) is 12.7. The smallest absolute Gasteiger partial charge is 0.343 e. The Morgan fingerprint density at radius 3 is 2.31 bits per heavy atom. The van der Waals surface area contributed by atoms with Crippen molar-refractivity contribution >= 4 is 23.6 Å². The second kappa shape index (κ2) is 6.59. The number of carbonyl (C=O) groups is 3. The Balaban J connectivity index is 1.49. The molecule has 7 heteroatoms. The minimum atomic E-state index is -0.600. The van der Waals surface area contributed by atoms with Gasteiger partial charge in [-0.1, -0.05) is 12.1 Å². The Hall–Kier alpha value is -3.22. The molecule has 0 N–H and O–H groups in total. The quantitative estimate of drug-likeness (QED) is 0.620. The second-order valence-corrected chi connectivity index (χ2v) is 6.21. The summed E-state index contributed by atoms with van der Waals surface area (Å²) in [5.74, 6) is -0.928. The summed E-state index contributed by atoms with van der Waals surface area (Å²) in [6, 6.07) is 9.87. The molecule has 0 bridgehead atoms. The summed E-state index contributed by atoms with van der Waals surface area (Å²) in [6.45, 7) is 1.27. The van der Waals surface area contributed by atoms with Gasteiger partial charge in [0.2, 0.25) is 0 Å². The van der Waals surface area contributed by atoms with Crippen LogP contribution in [0.2, 0.25) is 0 Å². The molecule has 0 saturated carbocycles. The zero-order valence-corrected chi connectivity index (χ0v) is 14.1. The normalized spacial score (nSPS) is 16.2. The Labute approximate surface area is 150 Å². The molecule has 0 atom stereocenters. The third-order valence-electron chi connectivity index (χ3n) is 4.62. The van der Waals surface area contributed by atoms with Gasteiger partial charge in [-0.3, -0.25) is 9.59 Å². The molecule has 2 amide bonds. The maximum absolute atomic E-state index is 12.5. The Kier molecular flexibility index (Phi) is 4.12. The zero-order chi connectivity index (χ0) is 18.1. The molecule has 1 fully saturated rings. The van der Waals surface area contributed by atoms with Crippen molar-refractivity contribution in [2.45, 2.75) is 12.8 Å². The summed E-state index contributed by atoms with van der Waals surface area (Å²) >= 11 is 0. The summed E-state index contributed by atoms with van der Waals surface area (Å²) in [5, 5.41) is 0. The number of hydrogen-bond donors (Lipinski definition) is 0. The molecule has 0 aliphatic carbocycles. The van der Waals surface area contributed by atoms with Crippen LogP contribution in [0.3, 0.4) is 0 Å². The van der Waals surface area contributed by atoms with E-state index in [0.29, 0.717) is 22.5 Å². The molecule has 7 nitrogen and oxygen atoms in total. The van der Waals surface area contributed by atoms with Gasteiger partial charge in [0.25, 0.3) is 11.8 Å². The average Bonchev–Trinajstić information content (AvgIpc) is 3.29. The first-order valence-corrected chi connectivity index (χ1v) is 8.49. The van der Waals surface area contributed by atoms with Crippen LogP contribution in [0.15, 0.2) is 42.6 Å². The summed E-state index contributed by atoms with van der Waals surface area (Å²) in [4.78, 5) is 44.5. The number of esters is 1. The molecule has 132 valence electrons. The fraction of sp³-hybridized carbons (Fsp3) is 0.263. The highest BCUT2D eigenvalue weighted by Crippen LogP contribution is 2.24. The monoisotopic (exact) mass is 351 g/mol. The number of amides is 2. The third-order valence-corrected chi connectivity index (χ3v) is 4.62. The lowest BCUT2D eigenvalue weighted by Crippen LogP contribution is -2.33. The first kappa shape index (κ1) is 16.3. The number of imide groups is 1. The molecule has 0 unspecified atom stereocenters. The molecule has 1 aromatic heterocycles. The van der Waals surface area contributed by atoms with Gasteiger partial charge in [-0.15, -0.1) is 0 Å². The van der Waals surface area contributed by atoms with E-state index in [1.54, 1.807) is 42.6 Å². The van der Waals surface area contributed by atoms with Crippen LogP contribution in [0.25, 0.3) is 0 Å². The molecular weight excluding hydrogens is 334 g/mol. The molecule has 2 aliphatic rings. The van der Waals surface area contributed by atoms with Gasteiger partial charge >= 0.3 is 5.97 Å². The number of fused-ring (bicyclic) bond motifs is 1. The van der Waals surface area contributed by atoms with Gasteiger partial charge in [0.15, 0.2) is 6.73 Å². The van der Waals surface area contributed by atoms with Crippen molar-refractivity contribution < 1.29 is 19.1 Å². The number of benzene rings is 1. The van der Waals surface area contributed by atoms with Gasteiger partial charge in [-0.25, -0.2) is 14.7 Å². The van der Waals surface area contributed by atoms with Crippen molar-refractivity contribution in [2.75, 3.05) is 24.7 Å². The van der Waals surface area contributed by atoms with E-state index in [9.17, 15) is 14.4 Å². The van der Waals surface area contributed by atoms with Crippen molar-refractivity contribution in [3.05, 3.63) is 59.3 Å². The van der Waals surface area contributed by atoms with Crippen LogP contribution in [0.4, 0.5) is 5.82 Å². The number of rotatable bonds is 4. The van der Waals surface area contributed by atoms with Crippen LogP contribution < -0.4 is 4.90 Å². The minimum Gasteiger partial charge on any atom is -0.440 e. The van der Waals surface area contributed by atoms with Crippen LogP contribution in [0, 0.1) is 0 Å². The second-order valence-electron chi connectivity index (χ2n) is 6.21. The summed E-state index contributed by atoms with van der Waals surface area (Å²) < 4.78 is 5.26. The highest BCUT2D eigenvalue weighted by molar-refractivity contribution is 6.21. The van der Waals surface area contributed by atoms with Gasteiger partial charge in [0.1, 0.15) is 11.4 Å². The fourth-order valence-electron chi connectivity index (χ4n) is 3.29. The van der Waals surface area contributed by atoms with Gasteiger partial charge < -0.3 is 9.64 Å². The topological polar surface area (TPSA) is 79.8 Å². The summed E-state index contributed by atoms with van der Waals surface area (Å²) in [7, 11) is 0. The van der Waals surface area contributed by atoms with E-state index in [0.717, 1.165) is 30.8 Å². The van der Waals surface area contributed by atoms with Crippen LogP contribution >= 0.6 is 0 Å². The van der Waals surface area contributed by atoms with Crippen molar-refractivity contribution in [3.63, 3.8) is 0 Å². The van der Waals surface area contributed by atoms with E-state index in [4.69, 9.17) is 4.74 Å². The number of pyridine rings is 1. The molecule has 2 aliphatic heterocycles. The predicted octanol–water partition coefficient (Wildman–Crippen LogP) is 2.09. The van der Waals surface area contributed by atoms with Crippen LogP contribution in [-0.2, 0) is 4.74 Å². The molecule has 0 radical (unpaired) electrons. The lowest BCUT2D eigenvalue weighted by molar-refractivity contribution is 0.0228. The molecule has 1 aromatic carbocycles. The van der Waals surface area contributed by atoms with Gasteiger partial charge in [0.05, 0.1) is 11.1 Å². The van der Waals surface area contributed by atoms with Crippen molar-refractivity contribution in [2.24, 2.45) is 0 Å². The first-order valence-electron chi connectivity index (χ1n) is 8.49. The molecule has 1 saturated heterocycles. The lowest BCUT2D eigenvalue weighted by Gasteiger charge is -2.20. The number of hydrogen-bond acceptors (Lipinski definition) is 6. The number of anilines is 1. The Morgan fingerprint density at radius 2 is 1.65 bits per heavy atom. The molecular formula is C19H17N3O4. The number of aromatic nitrogens is 1. The number of carbonyl (C=O) groups excluding carboxylic acids is 3. The van der Waals surface area contributed by atoms with E-state index in [1.165, 1.54) is 0 Å². The summed E-state index contributed by atoms with van der Waals surface area (Å²) in [6.07, 6.45) is 3.74. The maximum Gasteiger partial charge on any atom is 0.343 e. The highest BCUT2D eigenvalue weighted by atomic mass is 16.5. The van der Waals surface area contributed by atoms with Gasteiger partial charge in [0, 0.05) is 19.3 Å². The van der Waals surface area contributed by atoms with Crippen LogP contribution in [-0.4, -0.2) is 47.5 Å². The fourth-order valence-corrected chi connectivity index (χ4v) is 3.29. The molecule has 4 rings (SSSR count). The zero-order valence-electron chi connectivity index (χ0n) is 14.1. The molecule has 2 aromatic rings.